The highest BCUT2D eigenvalue weighted by Gasteiger charge is 2.23. The van der Waals surface area contributed by atoms with E-state index in [1.165, 1.54) is 0 Å². The van der Waals surface area contributed by atoms with Crippen molar-refractivity contribution in [3.05, 3.63) is 65.4 Å². The summed E-state index contributed by atoms with van der Waals surface area (Å²) >= 11 is 0. The van der Waals surface area contributed by atoms with Gasteiger partial charge in [-0.25, -0.2) is 9.37 Å². The Bertz CT molecular complexity index is 1070. The number of aromatic nitrogens is 3. The molecule has 4 heterocycles. The summed E-state index contributed by atoms with van der Waals surface area (Å²) in [7, 11) is 1.85. The van der Waals surface area contributed by atoms with Crippen LogP contribution >= 0.6 is 0 Å². The van der Waals surface area contributed by atoms with Crippen LogP contribution in [0.5, 0.6) is 0 Å². The van der Waals surface area contributed by atoms with Gasteiger partial charge < -0.3 is 9.64 Å². The molecule has 0 saturated carbocycles. The van der Waals surface area contributed by atoms with Crippen molar-refractivity contribution in [1.29, 1.82) is 0 Å². The Morgan fingerprint density at radius 2 is 1.93 bits per heavy atom. The third-order valence-electron chi connectivity index (χ3n) is 5.24. The van der Waals surface area contributed by atoms with E-state index in [0.29, 0.717) is 25.3 Å². The molecule has 0 amide bonds. The van der Waals surface area contributed by atoms with Gasteiger partial charge in [0.15, 0.2) is 0 Å². The normalized spacial score (nSPS) is 16.2. The van der Waals surface area contributed by atoms with E-state index < -0.39 is 0 Å². The van der Waals surface area contributed by atoms with Gasteiger partial charge in [-0.15, -0.1) is 0 Å². The average Bonchev–Trinajstić information content (AvgIpc) is 3.35. The zero-order valence-electron chi connectivity index (χ0n) is 15.6. The number of nitrogens with zero attached hydrogens (tertiary/aromatic N) is 5. The molecule has 2 aliphatic rings. The third-order valence-corrected chi connectivity index (χ3v) is 5.24. The fraction of sp³-hybridized carbons (Fsp3) is 0.286. The first-order valence-corrected chi connectivity index (χ1v) is 9.34. The Morgan fingerprint density at radius 1 is 1.07 bits per heavy atom. The van der Waals surface area contributed by atoms with Crippen molar-refractivity contribution in [2.24, 2.45) is 12.0 Å². The van der Waals surface area contributed by atoms with Gasteiger partial charge in [-0.05, 0) is 29.8 Å². The first-order valence-electron chi connectivity index (χ1n) is 9.34. The monoisotopic (exact) mass is 377 g/mol. The fourth-order valence-electron chi connectivity index (χ4n) is 3.77. The molecule has 0 radical (unpaired) electrons. The van der Waals surface area contributed by atoms with Gasteiger partial charge in [0.05, 0.1) is 31.7 Å². The van der Waals surface area contributed by atoms with Gasteiger partial charge in [0.2, 0.25) is 0 Å². The van der Waals surface area contributed by atoms with Crippen LogP contribution in [0.3, 0.4) is 0 Å². The summed E-state index contributed by atoms with van der Waals surface area (Å²) < 4.78 is 21.9. The van der Waals surface area contributed by atoms with Gasteiger partial charge >= 0.3 is 0 Å². The second kappa shape index (κ2) is 6.83. The van der Waals surface area contributed by atoms with Crippen molar-refractivity contribution in [3.8, 4) is 11.1 Å². The summed E-state index contributed by atoms with van der Waals surface area (Å²) in [4.78, 5) is 11.4. The molecule has 2 aliphatic heterocycles. The Kier molecular flexibility index (Phi) is 4.16. The molecule has 28 heavy (non-hydrogen) atoms. The fourth-order valence-corrected chi connectivity index (χ4v) is 3.77. The van der Waals surface area contributed by atoms with E-state index in [2.05, 4.69) is 20.0 Å². The van der Waals surface area contributed by atoms with Gasteiger partial charge in [-0.1, -0.05) is 0 Å². The molecule has 6 nitrogen and oxygen atoms in total. The summed E-state index contributed by atoms with van der Waals surface area (Å²) in [5, 5.41) is 4.20. The molecule has 1 aromatic carbocycles. The summed E-state index contributed by atoms with van der Waals surface area (Å²) in [5.74, 6) is 0.679. The quantitative estimate of drug-likeness (QED) is 0.704. The number of halogens is 1. The highest BCUT2D eigenvalue weighted by Crippen LogP contribution is 2.31. The van der Waals surface area contributed by atoms with Crippen LogP contribution < -0.4 is 4.90 Å². The van der Waals surface area contributed by atoms with Crippen molar-refractivity contribution < 1.29 is 9.13 Å². The minimum absolute atomic E-state index is 0.224. The standard InChI is InChI=1S/C21H20FN5O/c1-26-13-16(11-25-26)15-8-17-18(19(22)9-15)12-24-21(17)14-2-3-23-20(10-14)27-4-6-28-7-5-27/h2-3,8-11,13H,4-7,12H2,1H3. The second-order valence-electron chi connectivity index (χ2n) is 7.05. The Labute approximate surface area is 162 Å². The zero-order chi connectivity index (χ0) is 19.1. The molecule has 0 unspecified atom stereocenters. The van der Waals surface area contributed by atoms with E-state index in [4.69, 9.17) is 4.74 Å². The van der Waals surface area contributed by atoms with Crippen molar-refractivity contribution in [1.82, 2.24) is 14.8 Å². The SMILES string of the molecule is Cn1cc(-c2cc(F)c3c(c2)C(c2ccnc(N4CCOCC4)c2)=NC3)cn1. The molecule has 1 fully saturated rings. The highest BCUT2D eigenvalue weighted by molar-refractivity contribution is 6.15. The molecule has 2 aromatic heterocycles. The van der Waals surface area contributed by atoms with Gasteiger partial charge in [-0.3, -0.25) is 9.67 Å². The van der Waals surface area contributed by atoms with Gasteiger partial charge in [0.1, 0.15) is 11.6 Å². The summed E-state index contributed by atoms with van der Waals surface area (Å²) in [5.41, 5.74) is 4.96. The molecule has 0 bridgehead atoms. The van der Waals surface area contributed by atoms with E-state index in [9.17, 15) is 4.39 Å². The number of pyridine rings is 1. The second-order valence-corrected chi connectivity index (χ2v) is 7.05. The van der Waals surface area contributed by atoms with Crippen molar-refractivity contribution >= 4 is 11.5 Å². The summed E-state index contributed by atoms with van der Waals surface area (Å²) in [6.07, 6.45) is 5.42. The van der Waals surface area contributed by atoms with Crippen molar-refractivity contribution in [3.63, 3.8) is 0 Å². The van der Waals surface area contributed by atoms with Gasteiger partial charge in [0, 0.05) is 54.8 Å². The number of fused-ring (bicyclic) bond motifs is 1. The lowest BCUT2D eigenvalue weighted by Crippen LogP contribution is -2.36. The lowest BCUT2D eigenvalue weighted by molar-refractivity contribution is 0.122. The predicted octanol–water partition coefficient (Wildman–Crippen LogP) is 2.81. The summed E-state index contributed by atoms with van der Waals surface area (Å²) in [6.45, 7) is 3.41. The minimum Gasteiger partial charge on any atom is -0.378 e. The molecule has 0 atom stereocenters. The lowest BCUT2D eigenvalue weighted by atomic mass is 9.96. The molecule has 7 heteroatoms. The Morgan fingerprint density at radius 3 is 2.71 bits per heavy atom. The predicted molar refractivity (Wildman–Crippen MR) is 105 cm³/mol. The van der Waals surface area contributed by atoms with Crippen LogP contribution in [0, 0.1) is 5.82 Å². The highest BCUT2D eigenvalue weighted by atomic mass is 19.1. The number of hydrogen-bond acceptors (Lipinski definition) is 5. The first kappa shape index (κ1) is 17.1. The first-order chi connectivity index (χ1) is 13.7. The van der Waals surface area contributed by atoms with Crippen molar-refractivity contribution in [2.45, 2.75) is 6.54 Å². The van der Waals surface area contributed by atoms with Crippen LogP contribution in [-0.2, 0) is 18.3 Å². The average molecular weight is 377 g/mol. The lowest BCUT2D eigenvalue weighted by Gasteiger charge is -2.28. The molecule has 0 aliphatic carbocycles. The number of aryl methyl sites for hydroxylation is 1. The van der Waals surface area contributed by atoms with Crippen LogP contribution in [-0.4, -0.2) is 46.8 Å². The minimum atomic E-state index is -0.224. The van der Waals surface area contributed by atoms with Crippen LogP contribution in [0.25, 0.3) is 11.1 Å². The largest absolute Gasteiger partial charge is 0.378 e. The van der Waals surface area contributed by atoms with E-state index in [1.807, 2.05) is 31.4 Å². The molecular weight excluding hydrogens is 357 g/mol. The zero-order valence-corrected chi connectivity index (χ0v) is 15.6. The number of ether oxygens (including phenoxy) is 1. The number of benzene rings is 1. The molecular formula is C21H20FN5O. The maximum Gasteiger partial charge on any atom is 0.129 e. The van der Waals surface area contributed by atoms with Gasteiger partial charge in [0.25, 0.3) is 0 Å². The summed E-state index contributed by atoms with van der Waals surface area (Å²) in [6, 6.07) is 7.55. The number of hydrogen-bond donors (Lipinski definition) is 0. The van der Waals surface area contributed by atoms with Gasteiger partial charge in [-0.2, -0.15) is 5.10 Å². The smallest absolute Gasteiger partial charge is 0.129 e. The Hall–Kier alpha value is -3.06. The topological polar surface area (TPSA) is 55.5 Å². The maximum absolute atomic E-state index is 14.8. The van der Waals surface area contributed by atoms with Crippen LogP contribution in [0.1, 0.15) is 16.7 Å². The molecule has 142 valence electrons. The number of rotatable bonds is 3. The van der Waals surface area contributed by atoms with Crippen molar-refractivity contribution in [2.75, 3.05) is 31.2 Å². The van der Waals surface area contributed by atoms with Crippen LogP contribution in [0.2, 0.25) is 0 Å². The van der Waals surface area contributed by atoms with E-state index in [1.54, 1.807) is 23.1 Å². The van der Waals surface area contributed by atoms with Crippen LogP contribution in [0.4, 0.5) is 10.2 Å². The molecule has 0 N–H and O–H groups in total. The Balaban J connectivity index is 1.53. The number of anilines is 1. The molecule has 5 rings (SSSR count). The third kappa shape index (κ3) is 2.97. The molecule has 0 spiro atoms. The molecule has 3 aromatic rings. The van der Waals surface area contributed by atoms with E-state index in [-0.39, 0.29) is 5.82 Å². The number of aliphatic imine (C=N–C) groups is 1. The van der Waals surface area contributed by atoms with Crippen LogP contribution in [0.15, 0.2) is 47.8 Å². The van der Waals surface area contributed by atoms with E-state index >= 15 is 0 Å². The number of morpholine rings is 1. The molecule has 1 saturated heterocycles. The van der Waals surface area contributed by atoms with E-state index in [0.717, 1.165) is 46.9 Å². The maximum atomic E-state index is 14.8.